The van der Waals surface area contributed by atoms with Gasteiger partial charge in [-0.2, -0.15) is 5.26 Å². The third-order valence-corrected chi connectivity index (χ3v) is 4.57. The minimum Gasteiger partial charge on any atom is -0.342 e. The molecule has 0 bridgehead atoms. The molecule has 5 heteroatoms. The Hall–Kier alpha value is -1.90. The molecule has 5 nitrogen and oxygen atoms in total. The van der Waals surface area contributed by atoms with Gasteiger partial charge in [-0.05, 0) is 23.0 Å². The van der Waals surface area contributed by atoms with Gasteiger partial charge >= 0.3 is 0 Å². The molecule has 2 rings (SSSR count). The zero-order chi connectivity index (χ0) is 17.6. The number of carbonyl (C=O) groups is 1. The van der Waals surface area contributed by atoms with Gasteiger partial charge in [-0.1, -0.05) is 45.0 Å². The zero-order valence-corrected chi connectivity index (χ0v) is 14.9. The Morgan fingerprint density at radius 1 is 1.33 bits per heavy atom. The van der Waals surface area contributed by atoms with Gasteiger partial charge in [0.15, 0.2) is 0 Å². The Morgan fingerprint density at radius 2 is 2.04 bits per heavy atom. The first-order chi connectivity index (χ1) is 11.4. The van der Waals surface area contributed by atoms with Crippen LogP contribution < -0.4 is 10.6 Å². The van der Waals surface area contributed by atoms with E-state index >= 15 is 0 Å². The highest BCUT2D eigenvalue weighted by atomic mass is 16.1. The number of benzene rings is 1. The molecule has 0 fully saturated rings. The summed E-state index contributed by atoms with van der Waals surface area (Å²) in [4.78, 5) is 14.2. The Morgan fingerprint density at radius 3 is 2.71 bits per heavy atom. The largest absolute Gasteiger partial charge is 0.342 e. The summed E-state index contributed by atoms with van der Waals surface area (Å²) in [5, 5.41) is 14.5. The van der Waals surface area contributed by atoms with Crippen molar-refractivity contribution >= 4 is 5.91 Å². The van der Waals surface area contributed by atoms with E-state index < -0.39 is 0 Å². The Labute approximate surface area is 145 Å². The third kappa shape index (κ3) is 5.33. The summed E-state index contributed by atoms with van der Waals surface area (Å²) in [5.41, 5.74) is 2.90. The molecule has 0 saturated heterocycles. The molecule has 1 heterocycles. The Bertz CT molecular complexity index is 600. The van der Waals surface area contributed by atoms with Crippen molar-refractivity contribution in [1.29, 1.82) is 5.26 Å². The molecule has 0 aromatic heterocycles. The fourth-order valence-corrected chi connectivity index (χ4v) is 3.03. The Kier molecular flexibility index (Phi) is 6.36. The van der Waals surface area contributed by atoms with Crippen LogP contribution in [0, 0.1) is 16.7 Å². The normalized spacial score (nSPS) is 16.1. The van der Waals surface area contributed by atoms with Crippen LogP contribution in [0.2, 0.25) is 0 Å². The van der Waals surface area contributed by atoms with Crippen LogP contribution in [0.1, 0.15) is 31.9 Å². The first-order valence-electron chi connectivity index (χ1n) is 8.56. The summed E-state index contributed by atoms with van der Waals surface area (Å²) in [7, 11) is 0. The third-order valence-electron chi connectivity index (χ3n) is 4.57. The maximum atomic E-state index is 11.8. The highest BCUT2D eigenvalue weighted by molar-refractivity contribution is 5.78. The van der Waals surface area contributed by atoms with Crippen molar-refractivity contribution in [2.75, 3.05) is 26.2 Å². The molecule has 1 aliphatic heterocycles. The van der Waals surface area contributed by atoms with Gasteiger partial charge in [-0.25, -0.2) is 0 Å². The number of hydrogen-bond acceptors (Lipinski definition) is 4. The van der Waals surface area contributed by atoms with Crippen LogP contribution in [0.3, 0.4) is 0 Å². The van der Waals surface area contributed by atoms with Crippen LogP contribution in [0.15, 0.2) is 24.3 Å². The minimum absolute atomic E-state index is 0.0481. The van der Waals surface area contributed by atoms with Gasteiger partial charge in [0.2, 0.25) is 5.91 Å². The van der Waals surface area contributed by atoms with E-state index in [1.807, 2.05) is 6.07 Å². The van der Waals surface area contributed by atoms with Crippen LogP contribution in [-0.4, -0.2) is 43.0 Å². The molecule has 1 atom stereocenters. The molecule has 0 spiro atoms. The molecule has 1 aliphatic rings. The molecule has 1 amide bonds. The van der Waals surface area contributed by atoms with E-state index in [1.54, 1.807) is 0 Å². The van der Waals surface area contributed by atoms with Crippen LogP contribution in [0.5, 0.6) is 0 Å². The van der Waals surface area contributed by atoms with Crippen molar-refractivity contribution in [2.24, 2.45) is 5.41 Å². The standard InChI is InChI=1S/C19H28N4O/c1-19(2,3)17(22-12-18(24)21-10-9-20)14-23-11-8-15-6-4-5-7-16(15)13-23/h4-7,17,22H,8,10-14H2,1-3H3,(H,21,24)/t17-/m1/s1. The highest BCUT2D eigenvalue weighted by Crippen LogP contribution is 2.23. The van der Waals surface area contributed by atoms with Crippen molar-refractivity contribution < 1.29 is 4.79 Å². The lowest BCUT2D eigenvalue weighted by atomic mass is 9.85. The monoisotopic (exact) mass is 328 g/mol. The summed E-state index contributed by atoms with van der Waals surface area (Å²) < 4.78 is 0. The van der Waals surface area contributed by atoms with E-state index in [9.17, 15) is 4.79 Å². The number of nitrogens with zero attached hydrogens (tertiary/aromatic N) is 2. The van der Waals surface area contributed by atoms with Crippen molar-refractivity contribution in [2.45, 2.75) is 39.8 Å². The van der Waals surface area contributed by atoms with Crippen molar-refractivity contribution in [3.05, 3.63) is 35.4 Å². The van der Waals surface area contributed by atoms with E-state index in [-0.39, 0.29) is 30.5 Å². The lowest BCUT2D eigenvalue weighted by Gasteiger charge is -2.38. The van der Waals surface area contributed by atoms with Crippen molar-refractivity contribution in [3.63, 3.8) is 0 Å². The quantitative estimate of drug-likeness (QED) is 0.780. The maximum Gasteiger partial charge on any atom is 0.234 e. The summed E-state index contributed by atoms with van der Waals surface area (Å²) in [5.74, 6) is -0.130. The van der Waals surface area contributed by atoms with Gasteiger partial charge in [-0.15, -0.1) is 0 Å². The number of nitrogens with one attached hydrogen (secondary N) is 2. The van der Waals surface area contributed by atoms with Crippen LogP contribution in [0.4, 0.5) is 0 Å². The Balaban J connectivity index is 1.93. The van der Waals surface area contributed by atoms with Crippen molar-refractivity contribution in [3.8, 4) is 6.07 Å². The summed E-state index contributed by atoms with van der Waals surface area (Å²) in [6.07, 6.45) is 1.08. The van der Waals surface area contributed by atoms with Crippen LogP contribution in [-0.2, 0) is 17.8 Å². The molecular formula is C19H28N4O. The van der Waals surface area contributed by atoms with Gasteiger partial charge < -0.3 is 10.6 Å². The van der Waals surface area contributed by atoms with Gasteiger partial charge in [0, 0.05) is 25.7 Å². The number of hydrogen-bond donors (Lipinski definition) is 2. The molecule has 0 unspecified atom stereocenters. The topological polar surface area (TPSA) is 68.2 Å². The SMILES string of the molecule is CC(C)(C)[C@@H](CN1CCc2ccccc2C1)NCC(=O)NCC#N. The summed E-state index contributed by atoms with van der Waals surface area (Å²) in [6.45, 7) is 9.79. The van der Waals surface area contributed by atoms with Gasteiger partial charge in [-0.3, -0.25) is 9.69 Å². The molecule has 130 valence electrons. The van der Waals surface area contributed by atoms with E-state index in [1.165, 1.54) is 11.1 Å². The van der Waals surface area contributed by atoms with E-state index in [0.29, 0.717) is 0 Å². The van der Waals surface area contributed by atoms with Crippen molar-refractivity contribution in [1.82, 2.24) is 15.5 Å². The number of nitriles is 1. The second-order valence-electron chi connectivity index (χ2n) is 7.49. The second-order valence-corrected chi connectivity index (χ2v) is 7.49. The van der Waals surface area contributed by atoms with Gasteiger partial charge in [0.1, 0.15) is 6.54 Å². The smallest absolute Gasteiger partial charge is 0.234 e. The average molecular weight is 328 g/mol. The second kappa shape index (κ2) is 8.27. The highest BCUT2D eigenvalue weighted by Gasteiger charge is 2.28. The maximum absolute atomic E-state index is 11.8. The molecule has 0 aliphatic carbocycles. The molecule has 24 heavy (non-hydrogen) atoms. The van der Waals surface area contributed by atoms with E-state index in [2.05, 4.69) is 60.6 Å². The fourth-order valence-electron chi connectivity index (χ4n) is 3.03. The van der Waals surface area contributed by atoms with Crippen LogP contribution in [0.25, 0.3) is 0 Å². The lowest BCUT2D eigenvalue weighted by molar-refractivity contribution is -0.120. The summed E-state index contributed by atoms with van der Waals surface area (Å²) in [6, 6.07) is 10.8. The first kappa shape index (κ1) is 18.4. The predicted molar refractivity (Wildman–Crippen MR) is 95.3 cm³/mol. The average Bonchev–Trinajstić information content (AvgIpc) is 2.55. The molecule has 2 N–H and O–H groups in total. The number of amides is 1. The summed E-state index contributed by atoms with van der Waals surface area (Å²) >= 11 is 0. The minimum atomic E-state index is -0.130. The lowest BCUT2D eigenvalue weighted by Crippen LogP contribution is -2.52. The molecule has 0 radical (unpaired) electrons. The van der Waals surface area contributed by atoms with Gasteiger partial charge in [0.25, 0.3) is 0 Å². The number of fused-ring (bicyclic) bond motifs is 1. The molecule has 1 aromatic carbocycles. The molecule has 1 aromatic rings. The fraction of sp³-hybridized carbons (Fsp3) is 0.579. The molecular weight excluding hydrogens is 300 g/mol. The van der Waals surface area contributed by atoms with E-state index in [4.69, 9.17) is 5.26 Å². The zero-order valence-electron chi connectivity index (χ0n) is 14.9. The molecule has 0 saturated carbocycles. The van der Waals surface area contributed by atoms with Crippen LogP contribution >= 0.6 is 0 Å². The van der Waals surface area contributed by atoms with E-state index in [0.717, 1.165) is 26.1 Å². The number of carbonyl (C=O) groups excluding carboxylic acids is 1. The number of rotatable bonds is 6. The first-order valence-corrected chi connectivity index (χ1v) is 8.56. The van der Waals surface area contributed by atoms with Gasteiger partial charge in [0.05, 0.1) is 12.6 Å². The predicted octanol–water partition coefficient (Wildman–Crippen LogP) is 1.69.